The molecule has 0 aliphatic rings. The van der Waals surface area contributed by atoms with E-state index in [9.17, 15) is 4.79 Å². The number of carbonyl (C=O) groups is 1. The van der Waals surface area contributed by atoms with Crippen molar-refractivity contribution in [2.75, 3.05) is 19.8 Å². The highest BCUT2D eigenvalue weighted by Crippen LogP contribution is 2.19. The fraction of sp³-hybridized carbons (Fsp3) is 0.864. The molecule has 3 nitrogen and oxygen atoms in total. The summed E-state index contributed by atoms with van der Waals surface area (Å²) in [7, 11) is 0. The van der Waals surface area contributed by atoms with Gasteiger partial charge in [-0.15, -0.1) is 0 Å². The SMILES string of the molecule is C/C=C\C(=O)NCCOCC(CCCCCC)CCCCCCCC. The highest BCUT2D eigenvalue weighted by Gasteiger charge is 2.09. The zero-order chi connectivity index (χ0) is 18.6. The summed E-state index contributed by atoms with van der Waals surface area (Å²) in [5, 5.41) is 2.84. The van der Waals surface area contributed by atoms with Gasteiger partial charge in [-0.25, -0.2) is 0 Å². The van der Waals surface area contributed by atoms with Gasteiger partial charge in [0, 0.05) is 13.2 Å². The third-order valence-electron chi connectivity index (χ3n) is 4.65. The quantitative estimate of drug-likeness (QED) is 0.241. The molecule has 0 radical (unpaired) electrons. The van der Waals surface area contributed by atoms with Crippen LogP contribution in [0, 0.1) is 5.92 Å². The summed E-state index contributed by atoms with van der Waals surface area (Å²) in [6.07, 6.45) is 19.4. The zero-order valence-electron chi connectivity index (χ0n) is 17.2. The van der Waals surface area contributed by atoms with Gasteiger partial charge in [-0.2, -0.15) is 0 Å². The van der Waals surface area contributed by atoms with Crippen LogP contribution in [0.15, 0.2) is 12.2 Å². The average molecular weight is 354 g/mol. The van der Waals surface area contributed by atoms with Crippen molar-refractivity contribution in [1.29, 1.82) is 0 Å². The number of amides is 1. The molecule has 0 aromatic carbocycles. The predicted molar refractivity (Wildman–Crippen MR) is 109 cm³/mol. The average Bonchev–Trinajstić information content (AvgIpc) is 2.60. The van der Waals surface area contributed by atoms with E-state index in [1.807, 2.05) is 6.92 Å². The van der Waals surface area contributed by atoms with Crippen LogP contribution in [-0.4, -0.2) is 25.7 Å². The maximum atomic E-state index is 11.3. The molecule has 0 aliphatic carbocycles. The Bertz CT molecular complexity index is 315. The first-order valence-electron chi connectivity index (χ1n) is 10.7. The first-order valence-corrected chi connectivity index (χ1v) is 10.7. The van der Waals surface area contributed by atoms with Crippen molar-refractivity contribution < 1.29 is 9.53 Å². The monoisotopic (exact) mass is 353 g/mol. The van der Waals surface area contributed by atoms with E-state index < -0.39 is 0 Å². The molecule has 0 saturated carbocycles. The maximum absolute atomic E-state index is 11.3. The van der Waals surface area contributed by atoms with Crippen molar-refractivity contribution in [3.05, 3.63) is 12.2 Å². The van der Waals surface area contributed by atoms with Crippen LogP contribution in [0.25, 0.3) is 0 Å². The second kappa shape index (κ2) is 19.5. The highest BCUT2D eigenvalue weighted by molar-refractivity contribution is 5.87. The number of carbonyl (C=O) groups excluding carboxylic acids is 1. The molecule has 0 heterocycles. The van der Waals surface area contributed by atoms with Gasteiger partial charge in [0.2, 0.25) is 5.91 Å². The van der Waals surface area contributed by atoms with Gasteiger partial charge in [-0.1, -0.05) is 84.1 Å². The van der Waals surface area contributed by atoms with Crippen LogP contribution in [0.4, 0.5) is 0 Å². The van der Waals surface area contributed by atoms with Crippen LogP contribution < -0.4 is 5.32 Å². The lowest BCUT2D eigenvalue weighted by Crippen LogP contribution is -2.26. The molecule has 1 amide bonds. The Hall–Kier alpha value is -0.830. The van der Waals surface area contributed by atoms with Crippen LogP contribution >= 0.6 is 0 Å². The normalized spacial score (nSPS) is 12.6. The standard InChI is InChI=1S/C22H43NO2/c1-4-7-9-11-12-14-17-21(16-13-10-8-5-2)20-25-19-18-23-22(24)15-6-3/h6,15,21H,4-5,7-14,16-20H2,1-3H3,(H,23,24)/b15-6-. The molecule has 1 unspecified atom stereocenters. The maximum Gasteiger partial charge on any atom is 0.243 e. The fourth-order valence-electron chi connectivity index (χ4n) is 3.09. The number of rotatable bonds is 18. The van der Waals surface area contributed by atoms with Crippen LogP contribution in [0.1, 0.15) is 97.8 Å². The van der Waals surface area contributed by atoms with Gasteiger partial charge in [-0.3, -0.25) is 4.79 Å². The number of hydrogen-bond acceptors (Lipinski definition) is 2. The molecule has 0 aliphatic heterocycles. The number of ether oxygens (including phenoxy) is 1. The zero-order valence-corrected chi connectivity index (χ0v) is 17.2. The summed E-state index contributed by atoms with van der Waals surface area (Å²) in [6, 6.07) is 0. The van der Waals surface area contributed by atoms with Crippen molar-refractivity contribution in [1.82, 2.24) is 5.32 Å². The number of allylic oxidation sites excluding steroid dienone is 1. The van der Waals surface area contributed by atoms with Crippen LogP contribution in [0.5, 0.6) is 0 Å². The molecule has 0 spiro atoms. The smallest absolute Gasteiger partial charge is 0.243 e. The van der Waals surface area contributed by atoms with Gasteiger partial charge in [0.25, 0.3) is 0 Å². The Kier molecular flexibility index (Phi) is 18.8. The first kappa shape index (κ1) is 24.2. The minimum Gasteiger partial charge on any atom is -0.379 e. The Balaban J connectivity index is 3.85. The fourth-order valence-corrected chi connectivity index (χ4v) is 3.09. The van der Waals surface area contributed by atoms with Crippen molar-refractivity contribution in [2.24, 2.45) is 5.92 Å². The third kappa shape index (κ3) is 17.8. The number of hydrogen-bond donors (Lipinski definition) is 1. The van der Waals surface area contributed by atoms with Crippen LogP contribution in [0.3, 0.4) is 0 Å². The van der Waals surface area contributed by atoms with E-state index in [2.05, 4.69) is 19.2 Å². The number of nitrogens with one attached hydrogen (secondary N) is 1. The predicted octanol–water partition coefficient (Wildman–Crippen LogP) is 6.03. The van der Waals surface area contributed by atoms with E-state index in [-0.39, 0.29) is 5.91 Å². The second-order valence-corrected chi connectivity index (χ2v) is 7.14. The lowest BCUT2D eigenvalue weighted by Gasteiger charge is -2.17. The van der Waals surface area contributed by atoms with Crippen LogP contribution in [0.2, 0.25) is 0 Å². The Morgan fingerprint density at radius 3 is 2.08 bits per heavy atom. The molecule has 0 rings (SSSR count). The Morgan fingerprint density at radius 1 is 0.920 bits per heavy atom. The molecule has 148 valence electrons. The summed E-state index contributed by atoms with van der Waals surface area (Å²) in [4.78, 5) is 11.3. The minimum absolute atomic E-state index is 0.0331. The highest BCUT2D eigenvalue weighted by atomic mass is 16.5. The molecule has 3 heteroatoms. The minimum atomic E-state index is -0.0331. The van der Waals surface area contributed by atoms with Crippen molar-refractivity contribution in [3.63, 3.8) is 0 Å². The van der Waals surface area contributed by atoms with E-state index in [4.69, 9.17) is 4.74 Å². The summed E-state index contributed by atoms with van der Waals surface area (Å²) >= 11 is 0. The second-order valence-electron chi connectivity index (χ2n) is 7.14. The molecule has 0 bridgehead atoms. The molecule has 1 N–H and O–H groups in total. The topological polar surface area (TPSA) is 38.3 Å². The van der Waals surface area contributed by atoms with Gasteiger partial charge >= 0.3 is 0 Å². The van der Waals surface area contributed by atoms with Gasteiger partial charge < -0.3 is 10.1 Å². The van der Waals surface area contributed by atoms with E-state index in [1.54, 1.807) is 12.2 Å². The molecular formula is C22H43NO2. The van der Waals surface area contributed by atoms with Gasteiger partial charge in [-0.05, 0) is 31.8 Å². The summed E-state index contributed by atoms with van der Waals surface area (Å²) in [6.45, 7) is 8.44. The van der Waals surface area contributed by atoms with E-state index in [0.717, 1.165) is 6.61 Å². The van der Waals surface area contributed by atoms with Gasteiger partial charge in [0.05, 0.1) is 6.61 Å². The summed E-state index contributed by atoms with van der Waals surface area (Å²) in [5.41, 5.74) is 0. The van der Waals surface area contributed by atoms with E-state index in [0.29, 0.717) is 19.1 Å². The molecule has 0 aromatic heterocycles. The Labute approximate surface area is 157 Å². The van der Waals surface area contributed by atoms with Crippen molar-refractivity contribution in [2.45, 2.75) is 97.8 Å². The van der Waals surface area contributed by atoms with Crippen molar-refractivity contribution >= 4 is 5.91 Å². The molecule has 25 heavy (non-hydrogen) atoms. The molecule has 0 saturated heterocycles. The van der Waals surface area contributed by atoms with E-state index in [1.165, 1.54) is 77.0 Å². The largest absolute Gasteiger partial charge is 0.379 e. The van der Waals surface area contributed by atoms with Crippen molar-refractivity contribution in [3.8, 4) is 0 Å². The van der Waals surface area contributed by atoms with Gasteiger partial charge in [0.15, 0.2) is 0 Å². The number of unbranched alkanes of at least 4 members (excludes halogenated alkanes) is 8. The lowest BCUT2D eigenvalue weighted by atomic mass is 9.95. The van der Waals surface area contributed by atoms with Gasteiger partial charge in [0.1, 0.15) is 0 Å². The molecule has 1 atom stereocenters. The first-order chi connectivity index (χ1) is 12.2. The molecular weight excluding hydrogens is 310 g/mol. The van der Waals surface area contributed by atoms with E-state index >= 15 is 0 Å². The Morgan fingerprint density at radius 2 is 1.48 bits per heavy atom. The van der Waals surface area contributed by atoms with Crippen LogP contribution in [-0.2, 0) is 9.53 Å². The summed E-state index contributed by atoms with van der Waals surface area (Å²) < 4.78 is 5.84. The molecule has 0 fully saturated rings. The molecule has 0 aromatic rings. The third-order valence-corrected chi connectivity index (χ3v) is 4.65. The lowest BCUT2D eigenvalue weighted by molar-refractivity contribution is -0.116. The summed E-state index contributed by atoms with van der Waals surface area (Å²) in [5.74, 6) is 0.656.